The van der Waals surface area contributed by atoms with Crippen molar-refractivity contribution in [1.82, 2.24) is 5.32 Å². The Morgan fingerprint density at radius 3 is 2.62 bits per heavy atom. The summed E-state index contributed by atoms with van der Waals surface area (Å²) in [5.74, 6) is 0. The van der Waals surface area contributed by atoms with E-state index >= 15 is 0 Å². The Morgan fingerprint density at radius 2 is 2.08 bits per heavy atom. The van der Waals surface area contributed by atoms with Crippen molar-refractivity contribution in [3.63, 3.8) is 0 Å². The summed E-state index contributed by atoms with van der Waals surface area (Å²) in [5.41, 5.74) is 10.8. The molecule has 0 aliphatic rings. The third-order valence-corrected chi connectivity index (χ3v) is 1.91. The highest BCUT2D eigenvalue weighted by Crippen LogP contribution is 1.93. The van der Waals surface area contributed by atoms with Crippen molar-refractivity contribution >= 4 is 0 Å². The lowest BCUT2D eigenvalue weighted by Gasteiger charge is -2.13. The lowest BCUT2D eigenvalue weighted by molar-refractivity contribution is 0.0587. The van der Waals surface area contributed by atoms with Crippen LogP contribution in [-0.4, -0.2) is 38.9 Å². The van der Waals surface area contributed by atoms with Gasteiger partial charge in [-0.1, -0.05) is 6.92 Å². The van der Waals surface area contributed by atoms with Gasteiger partial charge in [-0.3, -0.25) is 0 Å². The lowest BCUT2D eigenvalue weighted by Crippen LogP contribution is -2.28. The fourth-order valence-corrected chi connectivity index (χ4v) is 1.00. The van der Waals surface area contributed by atoms with E-state index in [9.17, 15) is 0 Å². The van der Waals surface area contributed by atoms with E-state index in [2.05, 4.69) is 12.2 Å². The number of rotatable bonds is 9. The maximum absolute atomic E-state index is 5.50. The summed E-state index contributed by atoms with van der Waals surface area (Å²) in [4.78, 5) is 0. The van der Waals surface area contributed by atoms with Gasteiger partial charge in [0.2, 0.25) is 0 Å². The molecule has 0 heterocycles. The first-order valence-corrected chi connectivity index (χ1v) is 5.07. The van der Waals surface area contributed by atoms with Gasteiger partial charge < -0.3 is 21.5 Å². The standard InChI is InChI=1S/C9H23N3O/c1-2-9(8-11)13-7-6-12-5-3-4-10/h9,12H,2-8,10-11H2,1H3. The van der Waals surface area contributed by atoms with Crippen LogP contribution in [0.4, 0.5) is 0 Å². The quantitative estimate of drug-likeness (QED) is 0.435. The topological polar surface area (TPSA) is 73.3 Å². The minimum atomic E-state index is 0.219. The van der Waals surface area contributed by atoms with Crippen LogP contribution in [0, 0.1) is 0 Å². The lowest BCUT2D eigenvalue weighted by atomic mass is 10.3. The molecule has 4 nitrogen and oxygen atoms in total. The molecule has 0 aromatic rings. The second kappa shape index (κ2) is 9.92. The van der Waals surface area contributed by atoms with Gasteiger partial charge in [-0.15, -0.1) is 0 Å². The van der Waals surface area contributed by atoms with E-state index in [-0.39, 0.29) is 6.10 Å². The second-order valence-corrected chi connectivity index (χ2v) is 3.03. The summed E-state index contributed by atoms with van der Waals surface area (Å²) in [5, 5.41) is 3.24. The van der Waals surface area contributed by atoms with Crippen molar-refractivity contribution in [3.8, 4) is 0 Å². The molecule has 0 amide bonds. The molecule has 0 aromatic heterocycles. The Morgan fingerprint density at radius 1 is 1.31 bits per heavy atom. The van der Waals surface area contributed by atoms with Crippen LogP contribution in [0.5, 0.6) is 0 Å². The van der Waals surface area contributed by atoms with Gasteiger partial charge in [0.1, 0.15) is 0 Å². The largest absolute Gasteiger partial charge is 0.376 e. The first-order valence-electron chi connectivity index (χ1n) is 5.07. The van der Waals surface area contributed by atoms with Crippen LogP contribution in [0.3, 0.4) is 0 Å². The van der Waals surface area contributed by atoms with Crippen LogP contribution in [-0.2, 0) is 4.74 Å². The summed E-state index contributed by atoms with van der Waals surface area (Å²) in [6, 6.07) is 0. The molecule has 80 valence electrons. The fraction of sp³-hybridized carbons (Fsp3) is 1.00. The second-order valence-electron chi connectivity index (χ2n) is 3.03. The normalized spacial score (nSPS) is 13.2. The van der Waals surface area contributed by atoms with Gasteiger partial charge in [0.15, 0.2) is 0 Å². The molecule has 0 radical (unpaired) electrons. The first kappa shape index (κ1) is 12.8. The fourth-order valence-electron chi connectivity index (χ4n) is 1.00. The molecule has 0 rings (SSSR count). The van der Waals surface area contributed by atoms with Gasteiger partial charge in [-0.05, 0) is 25.9 Å². The van der Waals surface area contributed by atoms with E-state index in [0.717, 1.165) is 39.1 Å². The molecule has 5 N–H and O–H groups in total. The summed E-state index contributed by atoms with van der Waals surface area (Å²) in [7, 11) is 0. The molecule has 0 saturated heterocycles. The molecular weight excluding hydrogens is 166 g/mol. The molecule has 1 unspecified atom stereocenters. The Bertz CT molecular complexity index is 96.9. The Balaban J connectivity index is 3.05. The Hall–Kier alpha value is -0.160. The van der Waals surface area contributed by atoms with Gasteiger partial charge in [0.25, 0.3) is 0 Å². The molecule has 1 atom stereocenters. The van der Waals surface area contributed by atoms with Gasteiger partial charge >= 0.3 is 0 Å². The highest BCUT2D eigenvalue weighted by atomic mass is 16.5. The van der Waals surface area contributed by atoms with E-state index in [0.29, 0.717) is 6.54 Å². The highest BCUT2D eigenvalue weighted by Gasteiger charge is 2.01. The van der Waals surface area contributed by atoms with Crippen LogP contribution in [0.15, 0.2) is 0 Å². The van der Waals surface area contributed by atoms with Crippen molar-refractivity contribution in [2.45, 2.75) is 25.9 Å². The molecule has 0 bridgehead atoms. The average Bonchev–Trinajstić information content (AvgIpc) is 2.17. The zero-order valence-corrected chi connectivity index (χ0v) is 8.59. The predicted octanol–water partition coefficient (Wildman–Crippen LogP) is -0.321. The van der Waals surface area contributed by atoms with Gasteiger partial charge in [0.05, 0.1) is 12.7 Å². The minimum Gasteiger partial charge on any atom is -0.376 e. The summed E-state index contributed by atoms with van der Waals surface area (Å²) in [6.45, 7) is 6.03. The molecule has 0 spiro atoms. The molecule has 0 aromatic carbocycles. The summed E-state index contributed by atoms with van der Waals surface area (Å²) in [6.07, 6.45) is 2.23. The van der Waals surface area contributed by atoms with E-state index in [4.69, 9.17) is 16.2 Å². The first-order chi connectivity index (χ1) is 6.35. The number of hydrogen-bond acceptors (Lipinski definition) is 4. The zero-order valence-electron chi connectivity index (χ0n) is 8.59. The van der Waals surface area contributed by atoms with Crippen LogP contribution >= 0.6 is 0 Å². The number of nitrogens with two attached hydrogens (primary N) is 2. The summed E-state index contributed by atoms with van der Waals surface area (Å²) >= 11 is 0. The van der Waals surface area contributed by atoms with Crippen LogP contribution in [0.2, 0.25) is 0 Å². The Labute approximate surface area is 81.0 Å². The molecule has 0 fully saturated rings. The molecule has 4 heteroatoms. The molecular formula is C9H23N3O. The zero-order chi connectivity index (χ0) is 9.94. The monoisotopic (exact) mass is 189 g/mol. The van der Waals surface area contributed by atoms with Crippen molar-refractivity contribution in [1.29, 1.82) is 0 Å². The van der Waals surface area contributed by atoms with Crippen molar-refractivity contribution in [3.05, 3.63) is 0 Å². The van der Waals surface area contributed by atoms with Gasteiger partial charge in [-0.25, -0.2) is 0 Å². The molecule has 0 saturated carbocycles. The third kappa shape index (κ3) is 8.18. The van der Waals surface area contributed by atoms with Crippen LogP contribution in [0.25, 0.3) is 0 Å². The van der Waals surface area contributed by atoms with E-state index in [1.54, 1.807) is 0 Å². The van der Waals surface area contributed by atoms with Gasteiger partial charge in [0, 0.05) is 13.1 Å². The SMILES string of the molecule is CCC(CN)OCCNCCCN. The van der Waals surface area contributed by atoms with Gasteiger partial charge in [-0.2, -0.15) is 0 Å². The molecule has 0 aliphatic heterocycles. The third-order valence-electron chi connectivity index (χ3n) is 1.91. The minimum absolute atomic E-state index is 0.219. The number of ether oxygens (including phenoxy) is 1. The van der Waals surface area contributed by atoms with Crippen molar-refractivity contribution in [2.24, 2.45) is 11.5 Å². The van der Waals surface area contributed by atoms with Crippen molar-refractivity contribution < 1.29 is 4.74 Å². The van der Waals surface area contributed by atoms with Crippen LogP contribution < -0.4 is 16.8 Å². The number of hydrogen-bond donors (Lipinski definition) is 3. The molecule has 0 aliphatic carbocycles. The van der Waals surface area contributed by atoms with E-state index in [1.807, 2.05) is 0 Å². The van der Waals surface area contributed by atoms with E-state index < -0.39 is 0 Å². The number of nitrogens with one attached hydrogen (secondary N) is 1. The predicted molar refractivity (Wildman–Crippen MR) is 55.6 cm³/mol. The average molecular weight is 189 g/mol. The maximum atomic E-state index is 5.50. The summed E-state index contributed by atoms with van der Waals surface area (Å²) < 4.78 is 5.50. The highest BCUT2D eigenvalue weighted by molar-refractivity contribution is 4.55. The maximum Gasteiger partial charge on any atom is 0.0695 e. The Kier molecular flexibility index (Phi) is 9.80. The smallest absolute Gasteiger partial charge is 0.0695 e. The van der Waals surface area contributed by atoms with Crippen molar-refractivity contribution in [2.75, 3.05) is 32.8 Å². The van der Waals surface area contributed by atoms with Crippen LogP contribution in [0.1, 0.15) is 19.8 Å². The molecule has 13 heavy (non-hydrogen) atoms. The van der Waals surface area contributed by atoms with E-state index in [1.165, 1.54) is 0 Å².